The number of fused-ring (bicyclic) bond motifs is 1. The number of sulfonamides is 1. The number of hydrogen-bond donors (Lipinski definition) is 3. The van der Waals surface area contributed by atoms with E-state index in [0.717, 1.165) is 16.9 Å². The van der Waals surface area contributed by atoms with Gasteiger partial charge in [0.15, 0.2) is 5.78 Å². The zero-order valence-electron chi connectivity index (χ0n) is 17.8. The number of carboxylic acid groups (broad SMARTS) is 1. The van der Waals surface area contributed by atoms with Crippen molar-refractivity contribution in [1.29, 1.82) is 0 Å². The minimum Gasteiger partial charge on any atom is -0.492 e. The molecule has 1 aromatic carbocycles. The van der Waals surface area contributed by atoms with Crippen LogP contribution in [0.2, 0.25) is 0 Å². The van der Waals surface area contributed by atoms with Gasteiger partial charge in [-0.15, -0.1) is 11.3 Å². The summed E-state index contributed by atoms with van der Waals surface area (Å²) in [5.74, 6) is -1.72. The number of aliphatic imine (C=N–C) groups is 1. The van der Waals surface area contributed by atoms with Gasteiger partial charge < -0.3 is 15.6 Å². The zero-order chi connectivity index (χ0) is 24.2. The third-order valence-electron chi connectivity index (χ3n) is 5.02. The Labute approximate surface area is 204 Å². The summed E-state index contributed by atoms with van der Waals surface area (Å²) in [7, 11) is -4.05. The van der Waals surface area contributed by atoms with Crippen LogP contribution in [0.1, 0.15) is 41.4 Å². The first kappa shape index (κ1) is 25.2. The summed E-state index contributed by atoms with van der Waals surface area (Å²) in [5, 5.41) is 11.1. The number of halogens is 1. The molecule has 9 nitrogen and oxygen atoms in total. The van der Waals surface area contributed by atoms with E-state index in [1.54, 1.807) is 12.3 Å². The van der Waals surface area contributed by atoms with Gasteiger partial charge in [0, 0.05) is 29.4 Å². The van der Waals surface area contributed by atoms with E-state index < -0.39 is 27.7 Å². The van der Waals surface area contributed by atoms with Crippen LogP contribution in [0, 0.1) is 5.92 Å². The Balaban J connectivity index is 1.76. The number of ketones is 1. The lowest BCUT2D eigenvalue weighted by molar-refractivity contribution is -0.141. The van der Waals surface area contributed by atoms with Gasteiger partial charge in [0.2, 0.25) is 0 Å². The van der Waals surface area contributed by atoms with Gasteiger partial charge in [0.1, 0.15) is 10.6 Å². The number of rotatable bonds is 11. The fourth-order valence-corrected chi connectivity index (χ4v) is 6.27. The zero-order valence-corrected chi connectivity index (χ0v) is 21.1. The molecule has 0 radical (unpaired) electrons. The summed E-state index contributed by atoms with van der Waals surface area (Å²) < 4.78 is 34.8. The lowest BCUT2D eigenvalue weighted by atomic mass is 9.96. The summed E-state index contributed by atoms with van der Waals surface area (Å²) >= 11 is 4.39. The number of nitrogens with one attached hydrogen (secondary N) is 1. The molecule has 1 atom stereocenters. The fraction of sp³-hybridized carbons (Fsp3) is 0.381. The third kappa shape index (κ3) is 6.33. The first-order chi connectivity index (χ1) is 15.6. The van der Waals surface area contributed by atoms with Crippen LogP contribution in [0.4, 0.5) is 5.69 Å². The molecule has 0 saturated heterocycles. The number of aliphatic carboxylic acids is 1. The second kappa shape index (κ2) is 10.7. The number of hydrogen-bond acceptors (Lipinski definition) is 7. The van der Waals surface area contributed by atoms with Crippen molar-refractivity contribution in [2.75, 3.05) is 17.9 Å². The van der Waals surface area contributed by atoms with Gasteiger partial charge in [0.25, 0.3) is 10.0 Å². The van der Waals surface area contributed by atoms with Gasteiger partial charge in [0.05, 0.1) is 28.9 Å². The average molecular weight is 558 g/mol. The minimum atomic E-state index is -4.05. The van der Waals surface area contributed by atoms with Crippen LogP contribution in [-0.4, -0.2) is 44.3 Å². The second-order valence-corrected chi connectivity index (χ2v) is 11.1. The average Bonchev–Trinajstić information content (AvgIpc) is 3.37. The molecule has 1 aliphatic rings. The SMILES string of the molecule is CC(N)=NCCC[C@H](CC(=O)c1sccc1NS(=O)(=O)c1cc(Br)cc2c1OCC2)C(=O)O. The van der Waals surface area contributed by atoms with Crippen LogP contribution in [0.3, 0.4) is 0 Å². The van der Waals surface area contributed by atoms with Gasteiger partial charge in [-0.2, -0.15) is 0 Å². The Morgan fingerprint density at radius 1 is 1.39 bits per heavy atom. The number of nitrogens with zero attached hydrogens (tertiary/aromatic N) is 1. The number of carboxylic acids is 1. The van der Waals surface area contributed by atoms with Crippen molar-refractivity contribution in [3.63, 3.8) is 0 Å². The number of anilines is 1. The molecule has 0 spiro atoms. The van der Waals surface area contributed by atoms with Crippen molar-refractivity contribution in [2.24, 2.45) is 16.6 Å². The van der Waals surface area contributed by atoms with Crippen LogP contribution < -0.4 is 15.2 Å². The molecule has 0 unspecified atom stereocenters. The van der Waals surface area contributed by atoms with Crippen LogP contribution in [0.25, 0.3) is 0 Å². The predicted octanol–water partition coefficient (Wildman–Crippen LogP) is 3.68. The maximum absolute atomic E-state index is 13.1. The van der Waals surface area contributed by atoms with E-state index in [0.29, 0.717) is 42.1 Å². The molecular weight excluding hydrogens is 534 g/mol. The largest absolute Gasteiger partial charge is 0.492 e. The highest BCUT2D eigenvalue weighted by molar-refractivity contribution is 9.10. The second-order valence-electron chi connectivity index (χ2n) is 7.59. The van der Waals surface area contributed by atoms with E-state index in [1.165, 1.54) is 12.1 Å². The molecule has 2 heterocycles. The van der Waals surface area contributed by atoms with Crippen LogP contribution in [0.5, 0.6) is 5.75 Å². The van der Waals surface area contributed by atoms with Gasteiger partial charge in [-0.1, -0.05) is 15.9 Å². The Kier molecular flexibility index (Phi) is 8.14. The maximum Gasteiger partial charge on any atom is 0.306 e. The molecule has 1 aliphatic heterocycles. The number of ether oxygens (including phenoxy) is 1. The van der Waals surface area contributed by atoms with Gasteiger partial charge in [-0.05, 0) is 43.3 Å². The van der Waals surface area contributed by atoms with Gasteiger partial charge in [-0.3, -0.25) is 19.3 Å². The highest BCUT2D eigenvalue weighted by Gasteiger charge is 2.29. The number of carbonyl (C=O) groups is 2. The van der Waals surface area contributed by atoms with Crippen LogP contribution in [-0.2, 0) is 21.2 Å². The Hall–Kier alpha value is -2.44. The molecule has 1 aromatic heterocycles. The number of thiophene rings is 1. The van der Waals surface area contributed by atoms with Crippen molar-refractivity contribution in [2.45, 2.75) is 37.5 Å². The Morgan fingerprint density at radius 3 is 2.85 bits per heavy atom. The topological polar surface area (TPSA) is 148 Å². The maximum atomic E-state index is 13.1. The highest BCUT2D eigenvalue weighted by Crippen LogP contribution is 2.37. The molecule has 0 aliphatic carbocycles. The molecule has 2 aromatic rings. The van der Waals surface area contributed by atoms with Gasteiger partial charge >= 0.3 is 5.97 Å². The smallest absolute Gasteiger partial charge is 0.306 e. The van der Waals surface area contributed by atoms with Crippen LogP contribution >= 0.6 is 27.3 Å². The molecular formula is C21H24BrN3O6S2. The van der Waals surface area contributed by atoms with E-state index in [2.05, 4.69) is 25.6 Å². The minimum absolute atomic E-state index is 0.0202. The summed E-state index contributed by atoms with van der Waals surface area (Å²) in [6.45, 7) is 2.42. The van der Waals surface area contributed by atoms with Crippen molar-refractivity contribution in [3.05, 3.63) is 38.5 Å². The van der Waals surface area contributed by atoms with E-state index in [4.69, 9.17) is 10.5 Å². The lowest BCUT2D eigenvalue weighted by Crippen LogP contribution is -2.20. The summed E-state index contributed by atoms with van der Waals surface area (Å²) in [4.78, 5) is 28.7. The molecule has 3 rings (SSSR count). The van der Waals surface area contributed by atoms with Crippen molar-refractivity contribution in [1.82, 2.24) is 0 Å². The molecule has 178 valence electrons. The molecule has 0 saturated carbocycles. The molecule has 12 heteroatoms. The monoisotopic (exact) mass is 557 g/mol. The van der Waals surface area contributed by atoms with Crippen LogP contribution in [0.15, 0.2) is 37.9 Å². The first-order valence-corrected chi connectivity index (χ1v) is 13.3. The fourth-order valence-electron chi connectivity index (χ4n) is 3.46. The molecule has 0 amide bonds. The standard InChI is InChI=1S/C21H24BrN3O6S2/c1-12(23)24-6-2-3-14(21(27)28)10-17(26)20-16(5-8-32-20)25-33(29,30)18-11-15(22)9-13-4-7-31-19(13)18/h5,8-9,11,14,25H,2-4,6-7,10H2,1H3,(H2,23,24)(H,27,28)/t14-/m1/s1. The van der Waals surface area contributed by atoms with Gasteiger partial charge in [-0.25, -0.2) is 8.42 Å². The quantitative estimate of drug-likeness (QED) is 0.165. The highest BCUT2D eigenvalue weighted by atomic mass is 79.9. The summed E-state index contributed by atoms with van der Waals surface area (Å²) in [5.41, 5.74) is 6.37. The molecule has 0 bridgehead atoms. The van der Waals surface area contributed by atoms with Crippen molar-refractivity contribution in [3.8, 4) is 5.75 Å². The van der Waals surface area contributed by atoms with Crippen molar-refractivity contribution < 1.29 is 27.9 Å². The normalized spacial score (nSPS) is 14.4. The Bertz CT molecular complexity index is 1190. The number of nitrogens with two attached hydrogens (primary N) is 1. The third-order valence-corrected chi connectivity index (χ3v) is 7.80. The Morgan fingerprint density at radius 2 is 2.15 bits per heavy atom. The predicted molar refractivity (Wildman–Crippen MR) is 130 cm³/mol. The van der Waals surface area contributed by atoms with E-state index in [1.807, 2.05) is 6.07 Å². The van der Waals surface area contributed by atoms with E-state index in [-0.39, 0.29) is 28.3 Å². The number of benzene rings is 1. The number of Topliss-reactive ketones (excluding diaryl/α,β-unsaturated/α-hetero) is 1. The molecule has 33 heavy (non-hydrogen) atoms. The lowest BCUT2D eigenvalue weighted by Gasteiger charge is -2.14. The summed E-state index contributed by atoms with van der Waals surface area (Å²) in [6.07, 6.45) is 1.08. The number of amidine groups is 1. The van der Waals surface area contributed by atoms with E-state index in [9.17, 15) is 23.1 Å². The van der Waals surface area contributed by atoms with E-state index >= 15 is 0 Å². The molecule has 4 N–H and O–H groups in total. The van der Waals surface area contributed by atoms with Crippen molar-refractivity contribution >= 4 is 60.6 Å². The summed E-state index contributed by atoms with van der Waals surface area (Å²) in [6, 6.07) is 4.75. The number of carbonyl (C=O) groups excluding carboxylic acids is 1. The molecule has 0 fully saturated rings. The first-order valence-electron chi connectivity index (χ1n) is 10.2.